The Morgan fingerprint density at radius 3 is 2.10 bits per heavy atom. The quantitative estimate of drug-likeness (QED) is 0.684. The number of rotatable bonds is 3. The third kappa shape index (κ3) is 3.54. The summed E-state index contributed by atoms with van der Waals surface area (Å²) in [6.07, 6.45) is 14.3. The van der Waals surface area contributed by atoms with Crippen LogP contribution in [-0.4, -0.2) is 33.3 Å². The van der Waals surface area contributed by atoms with Crippen molar-refractivity contribution in [1.82, 2.24) is 15.2 Å². The maximum atomic E-state index is 6.34. The molecule has 2 aliphatic carbocycles. The number of aromatic nitrogens is 2. The van der Waals surface area contributed by atoms with Gasteiger partial charge in [0.2, 0.25) is 5.82 Å². The molecule has 0 unspecified atom stereocenters. The van der Waals surface area contributed by atoms with Crippen molar-refractivity contribution in [2.75, 3.05) is 0 Å². The van der Waals surface area contributed by atoms with Crippen LogP contribution in [0.3, 0.4) is 0 Å². The SMILES string of the molecule is NC(=Nc1cnon1)N(C1CCCCC1)C1CCCCC1. The molecule has 116 valence electrons. The summed E-state index contributed by atoms with van der Waals surface area (Å²) in [5.74, 6) is 1.05. The highest BCUT2D eigenvalue weighted by Crippen LogP contribution is 2.30. The summed E-state index contributed by atoms with van der Waals surface area (Å²) in [4.78, 5) is 6.80. The topological polar surface area (TPSA) is 80.5 Å². The predicted molar refractivity (Wildman–Crippen MR) is 81.2 cm³/mol. The van der Waals surface area contributed by atoms with Gasteiger partial charge in [-0.3, -0.25) is 0 Å². The van der Waals surface area contributed by atoms with Crippen molar-refractivity contribution >= 4 is 11.8 Å². The Balaban J connectivity index is 1.79. The van der Waals surface area contributed by atoms with Gasteiger partial charge in [0.1, 0.15) is 6.20 Å². The summed E-state index contributed by atoms with van der Waals surface area (Å²) in [5.41, 5.74) is 6.34. The molecule has 1 aromatic heterocycles. The van der Waals surface area contributed by atoms with Gasteiger partial charge < -0.3 is 10.6 Å². The maximum absolute atomic E-state index is 6.34. The minimum Gasteiger partial charge on any atom is -0.369 e. The Hall–Kier alpha value is -1.59. The minimum absolute atomic E-state index is 0.462. The van der Waals surface area contributed by atoms with Crippen molar-refractivity contribution in [2.24, 2.45) is 10.7 Å². The van der Waals surface area contributed by atoms with Gasteiger partial charge in [0.05, 0.1) is 0 Å². The van der Waals surface area contributed by atoms with Crippen molar-refractivity contribution < 1.29 is 4.63 Å². The van der Waals surface area contributed by atoms with Gasteiger partial charge in [-0.25, -0.2) is 4.63 Å². The summed E-state index contributed by atoms with van der Waals surface area (Å²) in [7, 11) is 0. The van der Waals surface area contributed by atoms with Gasteiger partial charge in [-0.2, -0.15) is 4.99 Å². The van der Waals surface area contributed by atoms with Gasteiger partial charge in [-0.05, 0) is 30.8 Å². The highest BCUT2D eigenvalue weighted by Gasteiger charge is 2.30. The van der Waals surface area contributed by atoms with E-state index in [9.17, 15) is 0 Å². The van der Waals surface area contributed by atoms with Crippen molar-refractivity contribution in [3.05, 3.63) is 6.20 Å². The fourth-order valence-corrected chi connectivity index (χ4v) is 3.77. The van der Waals surface area contributed by atoms with E-state index in [-0.39, 0.29) is 0 Å². The Bertz CT molecular complexity index is 429. The molecule has 2 fully saturated rings. The van der Waals surface area contributed by atoms with Crippen LogP contribution in [0.1, 0.15) is 64.2 Å². The predicted octanol–water partition coefficient (Wildman–Crippen LogP) is 2.98. The summed E-state index contributed by atoms with van der Waals surface area (Å²) in [6.45, 7) is 0. The normalized spacial score (nSPS) is 22.4. The largest absolute Gasteiger partial charge is 0.369 e. The molecule has 0 bridgehead atoms. The summed E-state index contributed by atoms with van der Waals surface area (Å²) in [5, 5.41) is 7.34. The van der Waals surface area contributed by atoms with Crippen LogP contribution in [0.25, 0.3) is 0 Å². The zero-order valence-corrected chi connectivity index (χ0v) is 12.6. The van der Waals surface area contributed by atoms with Crippen LogP contribution in [0.4, 0.5) is 5.82 Å². The molecule has 1 heterocycles. The van der Waals surface area contributed by atoms with E-state index in [0.717, 1.165) is 0 Å². The van der Waals surface area contributed by atoms with Crippen molar-refractivity contribution in [3.8, 4) is 0 Å². The van der Waals surface area contributed by atoms with E-state index in [1.54, 1.807) is 0 Å². The highest BCUT2D eigenvalue weighted by molar-refractivity contribution is 5.81. The Morgan fingerprint density at radius 1 is 1.05 bits per heavy atom. The van der Waals surface area contributed by atoms with Crippen LogP contribution in [0.5, 0.6) is 0 Å². The standard InChI is InChI=1S/C15H25N5O/c16-15(18-14-11-17-21-19-14)20(12-7-3-1-4-8-12)13-9-5-2-6-10-13/h11-13H,1-10H2,(H2,16,18,19). The second-order valence-electron chi connectivity index (χ2n) is 6.23. The minimum atomic E-state index is 0.462. The first-order valence-corrected chi connectivity index (χ1v) is 8.24. The number of nitrogens with zero attached hydrogens (tertiary/aromatic N) is 4. The van der Waals surface area contributed by atoms with Crippen molar-refractivity contribution in [3.63, 3.8) is 0 Å². The molecule has 2 saturated carbocycles. The van der Waals surface area contributed by atoms with E-state index < -0.39 is 0 Å². The van der Waals surface area contributed by atoms with Crippen LogP contribution in [0, 0.1) is 0 Å². The molecular formula is C15H25N5O. The number of guanidine groups is 1. The van der Waals surface area contributed by atoms with Gasteiger partial charge in [-0.15, -0.1) is 0 Å². The number of hydrogen-bond donors (Lipinski definition) is 1. The molecule has 0 aromatic carbocycles. The second-order valence-corrected chi connectivity index (χ2v) is 6.23. The molecule has 21 heavy (non-hydrogen) atoms. The van der Waals surface area contributed by atoms with E-state index >= 15 is 0 Å². The monoisotopic (exact) mass is 291 g/mol. The second kappa shape index (κ2) is 6.91. The molecule has 1 aromatic rings. The fourth-order valence-electron chi connectivity index (χ4n) is 3.77. The maximum Gasteiger partial charge on any atom is 0.219 e. The Labute approximate surface area is 125 Å². The molecule has 6 nitrogen and oxygen atoms in total. The van der Waals surface area contributed by atoms with E-state index in [4.69, 9.17) is 5.73 Å². The average molecular weight is 291 g/mol. The molecule has 0 spiro atoms. The number of nitrogens with two attached hydrogens (primary N) is 1. The van der Waals surface area contributed by atoms with Crippen LogP contribution in [0.2, 0.25) is 0 Å². The molecule has 0 saturated heterocycles. The molecular weight excluding hydrogens is 266 g/mol. The van der Waals surface area contributed by atoms with Gasteiger partial charge in [0.25, 0.3) is 0 Å². The Morgan fingerprint density at radius 2 is 1.62 bits per heavy atom. The van der Waals surface area contributed by atoms with Crippen molar-refractivity contribution in [2.45, 2.75) is 76.3 Å². The summed E-state index contributed by atoms with van der Waals surface area (Å²) in [6, 6.07) is 1.07. The lowest BCUT2D eigenvalue weighted by molar-refractivity contribution is 0.156. The van der Waals surface area contributed by atoms with Crippen molar-refractivity contribution in [1.29, 1.82) is 0 Å². The molecule has 6 heteroatoms. The van der Waals surface area contributed by atoms with Gasteiger partial charge in [0.15, 0.2) is 5.96 Å². The number of hydrogen-bond acceptors (Lipinski definition) is 4. The van der Waals surface area contributed by atoms with E-state index in [1.807, 2.05) is 0 Å². The molecule has 0 radical (unpaired) electrons. The summed E-state index contributed by atoms with van der Waals surface area (Å²) < 4.78 is 4.60. The first kappa shape index (κ1) is 14.4. The third-order valence-electron chi connectivity index (χ3n) is 4.78. The zero-order valence-electron chi connectivity index (χ0n) is 12.6. The smallest absolute Gasteiger partial charge is 0.219 e. The van der Waals surface area contributed by atoms with Crippen LogP contribution >= 0.6 is 0 Å². The van der Waals surface area contributed by atoms with E-state index in [2.05, 4.69) is 24.8 Å². The number of aliphatic imine (C=N–C) groups is 1. The molecule has 0 atom stereocenters. The first-order valence-electron chi connectivity index (χ1n) is 8.24. The van der Waals surface area contributed by atoms with Crippen LogP contribution in [-0.2, 0) is 0 Å². The van der Waals surface area contributed by atoms with Gasteiger partial charge in [0, 0.05) is 12.1 Å². The highest BCUT2D eigenvalue weighted by atomic mass is 16.6. The molecule has 2 aliphatic rings. The molecule has 0 amide bonds. The lowest BCUT2D eigenvalue weighted by atomic mass is 9.89. The lowest BCUT2D eigenvalue weighted by Crippen LogP contribution is -2.51. The molecule has 0 aliphatic heterocycles. The van der Waals surface area contributed by atoms with Crippen LogP contribution < -0.4 is 5.73 Å². The Kier molecular flexibility index (Phi) is 4.72. The fraction of sp³-hybridized carbons (Fsp3) is 0.800. The molecule has 3 rings (SSSR count). The van der Waals surface area contributed by atoms with Crippen LogP contribution in [0.15, 0.2) is 15.8 Å². The van der Waals surface area contributed by atoms with E-state index in [1.165, 1.54) is 70.4 Å². The average Bonchev–Trinajstić information content (AvgIpc) is 3.02. The lowest BCUT2D eigenvalue weighted by Gasteiger charge is -2.42. The molecule has 2 N–H and O–H groups in total. The van der Waals surface area contributed by atoms with Gasteiger partial charge >= 0.3 is 0 Å². The summed E-state index contributed by atoms with van der Waals surface area (Å²) >= 11 is 0. The van der Waals surface area contributed by atoms with E-state index in [0.29, 0.717) is 23.9 Å². The third-order valence-corrected chi connectivity index (χ3v) is 4.78. The zero-order chi connectivity index (χ0) is 14.5. The van der Waals surface area contributed by atoms with Gasteiger partial charge in [-0.1, -0.05) is 43.7 Å². The first-order chi connectivity index (χ1) is 10.3.